The molecule has 17 heavy (non-hydrogen) atoms. The number of hydrogen-bond donors (Lipinski definition) is 1. The lowest BCUT2D eigenvalue weighted by Gasteiger charge is -2.11. The van der Waals surface area contributed by atoms with Crippen molar-refractivity contribution in [1.82, 2.24) is 5.32 Å². The standard InChI is InChI=1S/C13H16FNOS/c1-3-17-8-11(15-2)12-7-9-5-4-6-10(14)13(9)16-12/h4-7,11,15H,3,8H2,1-2H3. The second kappa shape index (κ2) is 5.56. The average Bonchev–Trinajstić information content (AvgIpc) is 2.75. The first-order valence-electron chi connectivity index (χ1n) is 5.69. The van der Waals surface area contributed by atoms with Gasteiger partial charge in [-0.2, -0.15) is 11.8 Å². The number of thioether (sulfide) groups is 1. The highest BCUT2D eigenvalue weighted by molar-refractivity contribution is 7.99. The zero-order valence-corrected chi connectivity index (χ0v) is 10.8. The topological polar surface area (TPSA) is 25.2 Å². The minimum atomic E-state index is -0.299. The van der Waals surface area contributed by atoms with Crippen molar-refractivity contribution in [1.29, 1.82) is 0 Å². The predicted octanol–water partition coefficient (Wildman–Crippen LogP) is 3.59. The summed E-state index contributed by atoms with van der Waals surface area (Å²) in [6.07, 6.45) is 0. The van der Waals surface area contributed by atoms with Gasteiger partial charge in [0.05, 0.1) is 6.04 Å². The van der Waals surface area contributed by atoms with Crippen LogP contribution in [0.25, 0.3) is 11.0 Å². The van der Waals surface area contributed by atoms with Gasteiger partial charge in [0.25, 0.3) is 0 Å². The molecular weight excluding hydrogens is 237 g/mol. The molecule has 0 aliphatic heterocycles. The molecule has 0 saturated heterocycles. The summed E-state index contributed by atoms with van der Waals surface area (Å²) in [4.78, 5) is 0. The van der Waals surface area contributed by atoms with E-state index in [0.29, 0.717) is 5.58 Å². The predicted molar refractivity (Wildman–Crippen MR) is 71.0 cm³/mol. The highest BCUT2D eigenvalue weighted by Crippen LogP contribution is 2.27. The van der Waals surface area contributed by atoms with E-state index in [4.69, 9.17) is 4.42 Å². The maximum absolute atomic E-state index is 13.5. The average molecular weight is 253 g/mol. The minimum Gasteiger partial charge on any atom is -0.456 e. The van der Waals surface area contributed by atoms with E-state index in [1.807, 2.05) is 30.9 Å². The summed E-state index contributed by atoms with van der Waals surface area (Å²) in [5.41, 5.74) is 0.351. The molecule has 0 aliphatic carbocycles. The number of para-hydroxylation sites is 1. The van der Waals surface area contributed by atoms with Crippen LogP contribution >= 0.6 is 11.8 Å². The van der Waals surface area contributed by atoms with E-state index in [2.05, 4.69) is 12.2 Å². The molecule has 0 aliphatic rings. The second-order valence-corrected chi connectivity index (χ2v) is 5.13. The van der Waals surface area contributed by atoms with Crippen molar-refractivity contribution in [3.63, 3.8) is 0 Å². The van der Waals surface area contributed by atoms with E-state index in [1.54, 1.807) is 6.07 Å². The van der Waals surface area contributed by atoms with Crippen molar-refractivity contribution in [3.8, 4) is 0 Å². The molecule has 2 aromatic rings. The molecule has 1 unspecified atom stereocenters. The zero-order chi connectivity index (χ0) is 12.3. The lowest BCUT2D eigenvalue weighted by Crippen LogP contribution is -2.18. The molecule has 0 fully saturated rings. The monoisotopic (exact) mass is 253 g/mol. The van der Waals surface area contributed by atoms with Crippen LogP contribution in [0, 0.1) is 5.82 Å². The molecule has 1 heterocycles. The molecule has 0 radical (unpaired) electrons. The van der Waals surface area contributed by atoms with E-state index in [0.717, 1.165) is 22.7 Å². The lowest BCUT2D eigenvalue weighted by atomic mass is 10.2. The molecule has 92 valence electrons. The van der Waals surface area contributed by atoms with Gasteiger partial charge in [0.15, 0.2) is 11.4 Å². The maximum atomic E-state index is 13.5. The van der Waals surface area contributed by atoms with Gasteiger partial charge in [0, 0.05) is 11.1 Å². The number of halogens is 1. The Morgan fingerprint density at radius 2 is 2.29 bits per heavy atom. The molecule has 1 aromatic carbocycles. The smallest absolute Gasteiger partial charge is 0.169 e. The molecule has 1 N–H and O–H groups in total. The number of benzene rings is 1. The molecule has 0 spiro atoms. The van der Waals surface area contributed by atoms with Gasteiger partial charge in [-0.05, 0) is 24.9 Å². The van der Waals surface area contributed by atoms with Gasteiger partial charge < -0.3 is 9.73 Å². The van der Waals surface area contributed by atoms with Crippen molar-refractivity contribution in [2.75, 3.05) is 18.6 Å². The van der Waals surface area contributed by atoms with Gasteiger partial charge in [-0.3, -0.25) is 0 Å². The molecule has 4 heteroatoms. The summed E-state index contributed by atoms with van der Waals surface area (Å²) in [7, 11) is 1.89. The molecular formula is C13H16FNOS. The molecule has 0 bridgehead atoms. The quantitative estimate of drug-likeness (QED) is 0.881. The van der Waals surface area contributed by atoms with Crippen LogP contribution in [-0.4, -0.2) is 18.6 Å². The largest absolute Gasteiger partial charge is 0.456 e. The summed E-state index contributed by atoms with van der Waals surface area (Å²) in [5.74, 6) is 2.49. The van der Waals surface area contributed by atoms with E-state index >= 15 is 0 Å². The van der Waals surface area contributed by atoms with E-state index in [1.165, 1.54) is 6.07 Å². The van der Waals surface area contributed by atoms with Crippen LogP contribution in [0.15, 0.2) is 28.7 Å². The number of furan rings is 1. The van der Waals surface area contributed by atoms with E-state index in [-0.39, 0.29) is 11.9 Å². The molecule has 0 saturated carbocycles. The Balaban J connectivity index is 2.31. The molecule has 2 nitrogen and oxygen atoms in total. The third-order valence-corrected chi connectivity index (χ3v) is 3.67. The molecule has 1 aromatic heterocycles. The van der Waals surface area contributed by atoms with Gasteiger partial charge in [0.2, 0.25) is 0 Å². The highest BCUT2D eigenvalue weighted by atomic mass is 32.2. The molecule has 2 rings (SSSR count). The number of hydrogen-bond acceptors (Lipinski definition) is 3. The first-order chi connectivity index (χ1) is 8.26. The van der Waals surface area contributed by atoms with Crippen molar-refractivity contribution in [2.24, 2.45) is 0 Å². The third kappa shape index (κ3) is 2.64. The minimum absolute atomic E-state index is 0.131. The van der Waals surface area contributed by atoms with Crippen LogP contribution in [0.4, 0.5) is 4.39 Å². The van der Waals surface area contributed by atoms with Crippen molar-refractivity contribution in [2.45, 2.75) is 13.0 Å². The highest BCUT2D eigenvalue weighted by Gasteiger charge is 2.15. The van der Waals surface area contributed by atoms with Gasteiger partial charge >= 0.3 is 0 Å². The summed E-state index contributed by atoms with van der Waals surface area (Å²) < 4.78 is 19.1. The van der Waals surface area contributed by atoms with Gasteiger partial charge in [0.1, 0.15) is 5.76 Å². The Kier molecular flexibility index (Phi) is 4.07. The summed E-state index contributed by atoms with van der Waals surface area (Å²) in [5, 5.41) is 4.02. The zero-order valence-electron chi connectivity index (χ0n) is 10.00. The Labute approximate surface area is 105 Å². The van der Waals surface area contributed by atoms with Crippen LogP contribution in [0.1, 0.15) is 18.7 Å². The summed E-state index contributed by atoms with van der Waals surface area (Å²) in [6.45, 7) is 2.12. The Morgan fingerprint density at radius 3 is 2.94 bits per heavy atom. The van der Waals surface area contributed by atoms with Gasteiger partial charge in [-0.25, -0.2) is 4.39 Å². The number of rotatable bonds is 5. The SMILES string of the molecule is CCSCC(NC)c1cc2cccc(F)c2o1. The second-order valence-electron chi connectivity index (χ2n) is 3.81. The summed E-state index contributed by atoms with van der Waals surface area (Å²) >= 11 is 1.83. The maximum Gasteiger partial charge on any atom is 0.169 e. The molecule has 0 amide bonds. The fourth-order valence-electron chi connectivity index (χ4n) is 1.76. The van der Waals surface area contributed by atoms with E-state index in [9.17, 15) is 4.39 Å². The Hall–Kier alpha value is -1.00. The van der Waals surface area contributed by atoms with Crippen LogP contribution in [0.5, 0.6) is 0 Å². The third-order valence-electron chi connectivity index (χ3n) is 2.70. The first-order valence-corrected chi connectivity index (χ1v) is 6.84. The van der Waals surface area contributed by atoms with Gasteiger partial charge in [-0.1, -0.05) is 19.1 Å². The normalized spacial score (nSPS) is 13.1. The fourth-order valence-corrected chi connectivity index (χ4v) is 2.56. The van der Waals surface area contributed by atoms with Crippen molar-refractivity contribution < 1.29 is 8.81 Å². The fraction of sp³-hybridized carbons (Fsp3) is 0.385. The van der Waals surface area contributed by atoms with Crippen molar-refractivity contribution >= 4 is 22.7 Å². The van der Waals surface area contributed by atoms with Crippen molar-refractivity contribution in [3.05, 3.63) is 35.8 Å². The number of nitrogens with one attached hydrogen (secondary N) is 1. The van der Waals surface area contributed by atoms with Crippen LogP contribution in [-0.2, 0) is 0 Å². The van der Waals surface area contributed by atoms with Crippen LogP contribution in [0.3, 0.4) is 0 Å². The Morgan fingerprint density at radius 1 is 1.47 bits per heavy atom. The van der Waals surface area contributed by atoms with Gasteiger partial charge in [-0.15, -0.1) is 0 Å². The van der Waals surface area contributed by atoms with Crippen LogP contribution < -0.4 is 5.32 Å². The molecule has 1 atom stereocenters. The first kappa shape index (κ1) is 12.5. The number of fused-ring (bicyclic) bond motifs is 1. The summed E-state index contributed by atoms with van der Waals surface area (Å²) in [6, 6.07) is 7.03. The lowest BCUT2D eigenvalue weighted by molar-refractivity contribution is 0.466. The van der Waals surface area contributed by atoms with Crippen LogP contribution in [0.2, 0.25) is 0 Å². The Bertz CT molecular complexity index is 497. The van der Waals surface area contributed by atoms with E-state index < -0.39 is 0 Å².